The maximum absolute atomic E-state index is 13.0. The Morgan fingerprint density at radius 2 is 1.04 bits per heavy atom. The number of carbonyl (C=O) groups is 2. The molecule has 0 heterocycles. The van der Waals surface area contributed by atoms with Crippen molar-refractivity contribution in [1.29, 1.82) is 0 Å². The number of hydrogen-bond donors (Lipinski definition) is 0. The summed E-state index contributed by atoms with van der Waals surface area (Å²) in [5.41, 5.74) is 0. The number of carboxylic acids is 1. The van der Waals surface area contributed by atoms with E-state index >= 15 is 0 Å². The van der Waals surface area contributed by atoms with Crippen LogP contribution < -0.4 is 5.11 Å². The molecule has 0 aromatic heterocycles. The van der Waals surface area contributed by atoms with Gasteiger partial charge >= 0.3 is 5.91 Å². The molecule has 0 atom stereocenters. The molecule has 0 radical (unpaired) electrons. The van der Waals surface area contributed by atoms with Gasteiger partial charge in [-0.3, -0.25) is 4.48 Å². The average Bonchev–Trinajstić information content (AvgIpc) is 2.63. The topological polar surface area (TPSA) is 57.2 Å². The molecule has 0 aromatic rings. The molecule has 0 aromatic carbocycles. The third-order valence-electron chi connectivity index (χ3n) is 5.15. The highest BCUT2D eigenvalue weighted by molar-refractivity contribution is 5.89. The SMILES string of the molecule is CCCCCC[N+](CCCCCC)(CCCCCC)C(=O)/C=C\C(=O)[O-]. The summed E-state index contributed by atoms with van der Waals surface area (Å²) in [4.78, 5) is 23.7. The van der Waals surface area contributed by atoms with E-state index in [0.717, 1.165) is 64.2 Å². The van der Waals surface area contributed by atoms with Crippen LogP contribution >= 0.6 is 0 Å². The average molecular weight is 368 g/mol. The monoisotopic (exact) mass is 367 g/mol. The highest BCUT2D eigenvalue weighted by atomic mass is 16.4. The second-order valence-corrected chi connectivity index (χ2v) is 7.49. The van der Waals surface area contributed by atoms with Crippen LogP contribution in [0.1, 0.15) is 97.8 Å². The summed E-state index contributed by atoms with van der Waals surface area (Å²) < 4.78 is 0.418. The Kier molecular flexibility index (Phi) is 15.3. The Morgan fingerprint density at radius 1 is 0.654 bits per heavy atom. The first-order valence-electron chi connectivity index (χ1n) is 10.8. The van der Waals surface area contributed by atoms with E-state index in [1.54, 1.807) is 0 Å². The first-order chi connectivity index (χ1) is 12.5. The summed E-state index contributed by atoms with van der Waals surface area (Å²) in [5, 5.41) is 10.8. The van der Waals surface area contributed by atoms with Crippen LogP contribution in [0.4, 0.5) is 0 Å². The Morgan fingerprint density at radius 3 is 1.35 bits per heavy atom. The van der Waals surface area contributed by atoms with Crippen LogP contribution in [0.5, 0.6) is 0 Å². The van der Waals surface area contributed by atoms with Crippen molar-refractivity contribution in [3.8, 4) is 0 Å². The summed E-state index contributed by atoms with van der Waals surface area (Å²) in [7, 11) is 0. The van der Waals surface area contributed by atoms with E-state index in [-0.39, 0.29) is 5.91 Å². The van der Waals surface area contributed by atoms with Crippen molar-refractivity contribution in [3.05, 3.63) is 12.2 Å². The molecule has 0 spiro atoms. The molecule has 1 amide bonds. The predicted octanol–water partition coefficient (Wildman–Crippen LogP) is 4.38. The molecule has 0 saturated heterocycles. The van der Waals surface area contributed by atoms with Crippen molar-refractivity contribution in [1.82, 2.24) is 0 Å². The second kappa shape index (κ2) is 16.0. The molecule has 4 nitrogen and oxygen atoms in total. The lowest BCUT2D eigenvalue weighted by molar-refractivity contribution is -0.853. The summed E-state index contributed by atoms with van der Waals surface area (Å²) in [6.07, 6.45) is 15.7. The maximum atomic E-state index is 13.0. The van der Waals surface area contributed by atoms with Gasteiger partial charge in [-0.2, -0.15) is 0 Å². The van der Waals surface area contributed by atoms with E-state index in [9.17, 15) is 14.7 Å². The lowest BCUT2D eigenvalue weighted by Crippen LogP contribution is -2.54. The smallest absolute Gasteiger partial charge is 0.338 e. The number of aliphatic carboxylic acids is 1. The van der Waals surface area contributed by atoms with Gasteiger partial charge in [0.25, 0.3) is 0 Å². The van der Waals surface area contributed by atoms with Gasteiger partial charge in [0, 0.05) is 6.08 Å². The van der Waals surface area contributed by atoms with Crippen molar-refractivity contribution >= 4 is 11.9 Å². The Labute approximate surface area is 161 Å². The molecular formula is C22H41NO3. The second-order valence-electron chi connectivity index (χ2n) is 7.49. The van der Waals surface area contributed by atoms with Crippen molar-refractivity contribution in [2.45, 2.75) is 97.8 Å². The minimum absolute atomic E-state index is 0.0568. The molecule has 0 N–H and O–H groups in total. The summed E-state index contributed by atoms with van der Waals surface area (Å²) in [6.45, 7) is 9.04. The molecule has 0 aliphatic carbocycles. The van der Waals surface area contributed by atoms with E-state index < -0.39 is 5.97 Å². The number of carbonyl (C=O) groups excluding carboxylic acids is 2. The van der Waals surface area contributed by atoms with Crippen LogP contribution in [-0.4, -0.2) is 36.0 Å². The molecule has 152 valence electrons. The minimum atomic E-state index is -1.29. The summed E-state index contributed by atoms with van der Waals surface area (Å²) >= 11 is 0. The zero-order chi connectivity index (χ0) is 19.7. The third kappa shape index (κ3) is 11.5. The summed E-state index contributed by atoms with van der Waals surface area (Å²) in [6, 6.07) is 0. The molecule has 26 heavy (non-hydrogen) atoms. The highest BCUT2D eigenvalue weighted by Crippen LogP contribution is 2.19. The molecule has 0 rings (SSSR count). The van der Waals surface area contributed by atoms with Crippen LogP contribution in [0.2, 0.25) is 0 Å². The third-order valence-corrected chi connectivity index (χ3v) is 5.15. The van der Waals surface area contributed by atoms with E-state index in [1.807, 2.05) is 0 Å². The fraction of sp³-hybridized carbons (Fsp3) is 0.818. The van der Waals surface area contributed by atoms with Crippen molar-refractivity contribution in [3.63, 3.8) is 0 Å². The van der Waals surface area contributed by atoms with Gasteiger partial charge in [-0.05, 0) is 44.6 Å². The molecule has 0 fully saturated rings. The van der Waals surface area contributed by atoms with Gasteiger partial charge in [-0.25, -0.2) is 4.79 Å². The molecule has 0 bridgehead atoms. The van der Waals surface area contributed by atoms with Crippen molar-refractivity contribution < 1.29 is 19.2 Å². The zero-order valence-corrected chi connectivity index (χ0v) is 17.4. The fourth-order valence-corrected chi connectivity index (χ4v) is 3.49. The summed E-state index contributed by atoms with van der Waals surface area (Å²) in [5.74, 6) is -1.35. The minimum Gasteiger partial charge on any atom is -0.545 e. The van der Waals surface area contributed by atoms with Gasteiger partial charge in [0.2, 0.25) is 0 Å². The maximum Gasteiger partial charge on any atom is 0.338 e. The molecule has 0 aliphatic rings. The van der Waals surface area contributed by atoms with E-state index in [2.05, 4.69) is 20.8 Å². The van der Waals surface area contributed by atoms with Crippen molar-refractivity contribution in [2.75, 3.05) is 19.6 Å². The van der Waals surface area contributed by atoms with Crippen LogP contribution in [0, 0.1) is 0 Å². The molecule has 0 unspecified atom stereocenters. The number of nitrogens with zero attached hydrogens (tertiary/aromatic N) is 1. The predicted molar refractivity (Wildman–Crippen MR) is 106 cm³/mol. The van der Waals surface area contributed by atoms with Crippen LogP contribution in [0.15, 0.2) is 12.2 Å². The first-order valence-corrected chi connectivity index (χ1v) is 10.8. The van der Waals surface area contributed by atoms with Gasteiger partial charge < -0.3 is 9.90 Å². The van der Waals surface area contributed by atoms with E-state index in [1.165, 1.54) is 44.6 Å². The van der Waals surface area contributed by atoms with Gasteiger partial charge in [-0.1, -0.05) is 59.3 Å². The standard InChI is InChI=1S/C22H41NO3/c1-4-7-10-13-18-23(19-14-11-8-5-2,20-15-12-9-6-3)21(24)16-17-22(25)26/h16-17H,4-15,18-20H2,1-3H3/b17-16-. The van der Waals surface area contributed by atoms with Crippen LogP contribution in [0.3, 0.4) is 0 Å². The Bertz CT molecular complexity index is 373. The number of carboxylic acid groups (broad SMARTS) is 1. The molecule has 4 heteroatoms. The van der Waals surface area contributed by atoms with Crippen molar-refractivity contribution in [2.24, 2.45) is 0 Å². The van der Waals surface area contributed by atoms with Gasteiger partial charge in [-0.15, -0.1) is 0 Å². The normalized spacial score (nSPS) is 12.0. The molecule has 0 saturated carbocycles. The van der Waals surface area contributed by atoms with Gasteiger partial charge in [0.05, 0.1) is 25.6 Å². The van der Waals surface area contributed by atoms with E-state index in [4.69, 9.17) is 0 Å². The number of rotatable bonds is 17. The van der Waals surface area contributed by atoms with Gasteiger partial charge in [0.15, 0.2) is 0 Å². The van der Waals surface area contributed by atoms with Crippen LogP contribution in [0.25, 0.3) is 0 Å². The first kappa shape index (κ1) is 24.8. The van der Waals surface area contributed by atoms with E-state index in [0.29, 0.717) is 4.48 Å². The lowest BCUT2D eigenvalue weighted by Gasteiger charge is -2.35. The number of amides is 1. The fourth-order valence-electron chi connectivity index (χ4n) is 3.49. The largest absolute Gasteiger partial charge is 0.545 e. The van der Waals surface area contributed by atoms with Crippen LogP contribution in [-0.2, 0) is 9.59 Å². The molecular weight excluding hydrogens is 326 g/mol. The number of quaternary nitrogens is 1. The quantitative estimate of drug-likeness (QED) is 0.218. The Hall–Kier alpha value is -1.16. The highest BCUT2D eigenvalue weighted by Gasteiger charge is 2.33. The molecule has 0 aliphatic heterocycles. The lowest BCUT2D eigenvalue weighted by atomic mass is 10.1. The number of unbranched alkanes of at least 4 members (excludes halogenated alkanes) is 9. The van der Waals surface area contributed by atoms with Gasteiger partial charge in [0.1, 0.15) is 0 Å². The Balaban J connectivity index is 5.14. The number of hydrogen-bond acceptors (Lipinski definition) is 3. The zero-order valence-electron chi connectivity index (χ0n) is 17.4.